The van der Waals surface area contributed by atoms with Gasteiger partial charge in [-0.1, -0.05) is 18.2 Å². The van der Waals surface area contributed by atoms with Gasteiger partial charge in [0, 0.05) is 31.3 Å². The molecular weight excluding hydrogens is 390 g/mol. The zero-order valence-electron chi connectivity index (χ0n) is 17.5. The van der Waals surface area contributed by atoms with Crippen LogP contribution in [0.15, 0.2) is 60.9 Å². The number of aromatic nitrogens is 2. The van der Waals surface area contributed by atoms with E-state index in [-0.39, 0.29) is 5.91 Å². The van der Waals surface area contributed by atoms with Gasteiger partial charge < -0.3 is 16.0 Å². The maximum Gasteiger partial charge on any atom is 0.248 e. The van der Waals surface area contributed by atoms with Gasteiger partial charge in [-0.15, -0.1) is 0 Å². The lowest BCUT2D eigenvalue weighted by Gasteiger charge is -2.30. The smallest absolute Gasteiger partial charge is 0.248 e. The van der Waals surface area contributed by atoms with Crippen LogP contribution in [0.5, 0.6) is 0 Å². The molecule has 1 fully saturated rings. The topological polar surface area (TPSA) is 93.2 Å². The summed E-state index contributed by atoms with van der Waals surface area (Å²) in [4.78, 5) is 26.6. The second-order valence-electron chi connectivity index (χ2n) is 7.82. The van der Waals surface area contributed by atoms with Crippen molar-refractivity contribution in [3.63, 3.8) is 0 Å². The van der Waals surface area contributed by atoms with Gasteiger partial charge in [0.25, 0.3) is 0 Å². The lowest BCUT2D eigenvalue weighted by Crippen LogP contribution is -2.30. The molecule has 7 heteroatoms. The van der Waals surface area contributed by atoms with Crippen molar-refractivity contribution in [2.24, 2.45) is 5.73 Å². The van der Waals surface area contributed by atoms with Crippen LogP contribution in [-0.2, 0) is 11.2 Å². The first kappa shape index (κ1) is 20.7. The van der Waals surface area contributed by atoms with E-state index in [1.807, 2.05) is 42.6 Å². The summed E-state index contributed by atoms with van der Waals surface area (Å²) in [6.07, 6.45) is 8.08. The first-order valence-electron chi connectivity index (χ1n) is 10.7. The standard InChI is InChI=1S/C24H27N5O2/c25-24(31)19-10-11-22(28-13-5-2-6-14-28)21(15-19)27-23(30)12-9-18-16-26-29(17-18)20-7-3-1-4-8-20/h1,3-4,7-8,10-11,15-17H,2,5-6,9,12-14H2,(H2,25,31)(H,27,30). The third-order valence-corrected chi connectivity index (χ3v) is 5.55. The average molecular weight is 418 g/mol. The minimum Gasteiger partial charge on any atom is -0.370 e. The van der Waals surface area contributed by atoms with Gasteiger partial charge in [-0.05, 0) is 61.6 Å². The number of nitrogens with zero attached hydrogens (tertiary/aromatic N) is 3. The monoisotopic (exact) mass is 417 g/mol. The van der Waals surface area contributed by atoms with Gasteiger partial charge in [-0.25, -0.2) is 4.68 Å². The van der Waals surface area contributed by atoms with E-state index in [1.165, 1.54) is 6.42 Å². The van der Waals surface area contributed by atoms with Gasteiger partial charge in [-0.3, -0.25) is 9.59 Å². The van der Waals surface area contributed by atoms with E-state index in [9.17, 15) is 9.59 Å². The number of benzene rings is 2. The van der Waals surface area contributed by atoms with Crippen LogP contribution < -0.4 is 16.0 Å². The Bertz CT molecular complexity index is 1050. The van der Waals surface area contributed by atoms with Crippen molar-refractivity contribution >= 4 is 23.2 Å². The van der Waals surface area contributed by atoms with Crippen molar-refractivity contribution in [3.05, 3.63) is 72.1 Å². The summed E-state index contributed by atoms with van der Waals surface area (Å²) in [5.41, 5.74) is 9.39. The number of hydrogen-bond acceptors (Lipinski definition) is 4. The molecule has 4 rings (SSSR count). The van der Waals surface area contributed by atoms with E-state index in [0.717, 1.165) is 42.9 Å². The Morgan fingerprint density at radius 1 is 1.03 bits per heavy atom. The summed E-state index contributed by atoms with van der Waals surface area (Å²) in [6.45, 7) is 1.88. The highest BCUT2D eigenvalue weighted by Gasteiger charge is 2.17. The summed E-state index contributed by atoms with van der Waals surface area (Å²) < 4.78 is 1.80. The second kappa shape index (κ2) is 9.47. The molecule has 3 N–H and O–H groups in total. The first-order valence-corrected chi connectivity index (χ1v) is 10.7. The van der Waals surface area contributed by atoms with Crippen LogP contribution in [0, 0.1) is 0 Å². The van der Waals surface area contributed by atoms with E-state index < -0.39 is 5.91 Å². The van der Waals surface area contributed by atoms with Crippen molar-refractivity contribution in [1.29, 1.82) is 0 Å². The molecule has 1 aromatic heterocycles. The van der Waals surface area contributed by atoms with Crippen LogP contribution in [0.1, 0.15) is 41.6 Å². The van der Waals surface area contributed by atoms with Crippen LogP contribution in [0.25, 0.3) is 5.69 Å². The number of anilines is 2. The fourth-order valence-electron chi connectivity index (χ4n) is 3.88. The summed E-state index contributed by atoms with van der Waals surface area (Å²) in [5.74, 6) is -0.610. The Morgan fingerprint density at radius 2 is 1.81 bits per heavy atom. The maximum absolute atomic E-state index is 12.7. The first-order chi connectivity index (χ1) is 15.1. The van der Waals surface area contributed by atoms with Gasteiger partial charge in [0.05, 0.1) is 23.3 Å². The fraction of sp³-hybridized carbons (Fsp3) is 0.292. The fourth-order valence-corrected chi connectivity index (χ4v) is 3.88. The third-order valence-electron chi connectivity index (χ3n) is 5.55. The quantitative estimate of drug-likeness (QED) is 0.615. The van der Waals surface area contributed by atoms with E-state index in [0.29, 0.717) is 24.1 Å². The summed E-state index contributed by atoms with van der Waals surface area (Å²) in [5, 5.41) is 7.38. The van der Waals surface area contributed by atoms with Crippen molar-refractivity contribution in [2.75, 3.05) is 23.3 Å². The number of amides is 2. The molecule has 0 atom stereocenters. The molecular formula is C24H27N5O2. The third kappa shape index (κ3) is 5.12. The molecule has 0 radical (unpaired) electrons. The number of carbonyl (C=O) groups is 2. The predicted octanol–water partition coefficient (Wildman–Crippen LogP) is 3.53. The Morgan fingerprint density at radius 3 is 2.55 bits per heavy atom. The number of primary amides is 1. The molecule has 1 aliphatic rings. The number of nitrogens with one attached hydrogen (secondary N) is 1. The lowest BCUT2D eigenvalue weighted by molar-refractivity contribution is -0.116. The lowest BCUT2D eigenvalue weighted by atomic mass is 10.1. The molecule has 2 aromatic carbocycles. The molecule has 0 spiro atoms. The van der Waals surface area contributed by atoms with Crippen LogP contribution in [0.2, 0.25) is 0 Å². The van der Waals surface area contributed by atoms with Crippen molar-refractivity contribution in [3.8, 4) is 5.69 Å². The van der Waals surface area contributed by atoms with Crippen LogP contribution in [0.4, 0.5) is 11.4 Å². The minimum atomic E-state index is -0.506. The van der Waals surface area contributed by atoms with Gasteiger partial charge >= 0.3 is 0 Å². The molecule has 1 saturated heterocycles. The molecule has 2 heterocycles. The molecule has 160 valence electrons. The zero-order valence-corrected chi connectivity index (χ0v) is 17.5. The number of para-hydroxylation sites is 1. The molecule has 7 nitrogen and oxygen atoms in total. The Labute approximate surface area is 181 Å². The number of hydrogen-bond donors (Lipinski definition) is 2. The highest BCUT2D eigenvalue weighted by Crippen LogP contribution is 2.30. The van der Waals surface area contributed by atoms with Gasteiger partial charge in [0.1, 0.15) is 0 Å². The SMILES string of the molecule is NC(=O)c1ccc(N2CCCCC2)c(NC(=O)CCc2cnn(-c3ccccc3)c2)c1. The van der Waals surface area contributed by atoms with Gasteiger partial charge in [0.2, 0.25) is 11.8 Å². The largest absolute Gasteiger partial charge is 0.370 e. The second-order valence-corrected chi connectivity index (χ2v) is 7.82. The van der Waals surface area contributed by atoms with Crippen LogP contribution >= 0.6 is 0 Å². The Hall–Kier alpha value is -3.61. The van der Waals surface area contributed by atoms with Crippen molar-refractivity contribution in [1.82, 2.24) is 9.78 Å². The Balaban J connectivity index is 1.43. The number of carbonyl (C=O) groups excluding carboxylic acids is 2. The van der Waals surface area contributed by atoms with Crippen molar-refractivity contribution < 1.29 is 9.59 Å². The molecule has 0 aliphatic carbocycles. The normalized spacial score (nSPS) is 13.7. The zero-order chi connectivity index (χ0) is 21.6. The molecule has 0 bridgehead atoms. The maximum atomic E-state index is 12.7. The summed E-state index contributed by atoms with van der Waals surface area (Å²) in [6, 6.07) is 15.1. The highest BCUT2D eigenvalue weighted by atomic mass is 16.2. The number of piperidine rings is 1. The van der Waals surface area contributed by atoms with E-state index in [2.05, 4.69) is 15.3 Å². The van der Waals surface area contributed by atoms with E-state index >= 15 is 0 Å². The Kier molecular flexibility index (Phi) is 6.31. The predicted molar refractivity (Wildman–Crippen MR) is 122 cm³/mol. The summed E-state index contributed by atoms with van der Waals surface area (Å²) in [7, 11) is 0. The van der Waals surface area contributed by atoms with E-state index in [4.69, 9.17) is 5.73 Å². The molecule has 31 heavy (non-hydrogen) atoms. The molecule has 2 amide bonds. The highest BCUT2D eigenvalue weighted by molar-refractivity contribution is 5.99. The van der Waals surface area contributed by atoms with Gasteiger partial charge in [0.15, 0.2) is 0 Å². The minimum absolute atomic E-state index is 0.104. The van der Waals surface area contributed by atoms with Gasteiger partial charge in [-0.2, -0.15) is 5.10 Å². The van der Waals surface area contributed by atoms with Crippen LogP contribution in [0.3, 0.4) is 0 Å². The molecule has 1 aliphatic heterocycles. The van der Waals surface area contributed by atoms with Crippen molar-refractivity contribution in [2.45, 2.75) is 32.1 Å². The average Bonchev–Trinajstić information content (AvgIpc) is 3.28. The number of rotatable bonds is 7. The molecule has 3 aromatic rings. The molecule has 0 saturated carbocycles. The number of aryl methyl sites for hydroxylation is 1. The molecule has 0 unspecified atom stereocenters. The summed E-state index contributed by atoms with van der Waals surface area (Å²) >= 11 is 0. The van der Waals surface area contributed by atoms with E-state index in [1.54, 1.807) is 23.0 Å². The van der Waals surface area contributed by atoms with Crippen LogP contribution in [-0.4, -0.2) is 34.7 Å². The number of nitrogens with two attached hydrogens (primary N) is 1.